The van der Waals surface area contributed by atoms with Crippen molar-refractivity contribution < 1.29 is 23.5 Å². The second-order valence-corrected chi connectivity index (χ2v) is 14.3. The van der Waals surface area contributed by atoms with Gasteiger partial charge in [-0.25, -0.2) is 4.98 Å². The average molecular weight is 469 g/mol. The number of fused-ring (bicyclic) bond motifs is 1. The summed E-state index contributed by atoms with van der Waals surface area (Å²) >= 11 is 0. The highest BCUT2D eigenvalue weighted by Crippen LogP contribution is 2.37. The Bertz CT molecular complexity index is 1160. The second kappa shape index (κ2) is 9.49. The number of benzene rings is 2. The number of ketones is 1. The number of carbonyl (C=O) groups excluding carboxylic acids is 2. The van der Waals surface area contributed by atoms with Gasteiger partial charge in [-0.2, -0.15) is 0 Å². The summed E-state index contributed by atoms with van der Waals surface area (Å²) in [6.45, 7) is 11.4. The summed E-state index contributed by atoms with van der Waals surface area (Å²) in [6, 6.07) is 12.6. The normalized spacial score (nSPS) is 12.1. The van der Waals surface area contributed by atoms with Crippen molar-refractivity contribution in [2.45, 2.75) is 52.1 Å². The monoisotopic (exact) mass is 468 g/mol. The Labute approximate surface area is 195 Å². The van der Waals surface area contributed by atoms with Crippen LogP contribution in [0.1, 0.15) is 42.5 Å². The van der Waals surface area contributed by atoms with E-state index < -0.39 is 14.3 Å². The predicted molar refractivity (Wildman–Crippen MR) is 130 cm³/mol. The zero-order chi connectivity index (χ0) is 24.4. The summed E-state index contributed by atoms with van der Waals surface area (Å²) in [5.41, 5.74) is 2.72. The molecule has 3 aromatic rings. The van der Waals surface area contributed by atoms with Crippen LogP contribution in [0, 0.1) is 0 Å². The first-order chi connectivity index (χ1) is 15.5. The number of rotatable bonds is 8. The highest BCUT2D eigenvalue weighted by atomic mass is 28.4. The second-order valence-electron chi connectivity index (χ2n) is 9.53. The quantitative estimate of drug-likeness (QED) is 0.264. The zero-order valence-electron chi connectivity index (χ0n) is 20.4. The van der Waals surface area contributed by atoms with Crippen LogP contribution in [0.3, 0.4) is 0 Å². The summed E-state index contributed by atoms with van der Waals surface area (Å²) in [6.07, 6.45) is 0. The number of hydrogen-bond donors (Lipinski definition) is 0. The van der Waals surface area contributed by atoms with Crippen LogP contribution in [0.4, 0.5) is 0 Å². The number of esters is 1. The van der Waals surface area contributed by atoms with Crippen molar-refractivity contribution in [2.24, 2.45) is 0 Å². The SMILES string of the molecule is COC(=O)Cn1c(C(=O)c2ccc(CO[Si](C)(C)C(C)(C)C)cc2)nc2cc(OC)ccc21. The molecule has 0 bridgehead atoms. The van der Waals surface area contributed by atoms with Crippen molar-refractivity contribution in [3.8, 4) is 5.75 Å². The van der Waals surface area contributed by atoms with E-state index in [1.807, 2.05) is 12.1 Å². The Morgan fingerprint density at radius 3 is 2.27 bits per heavy atom. The minimum atomic E-state index is -1.86. The number of imidazole rings is 1. The molecule has 0 aliphatic heterocycles. The standard InChI is InChI=1S/C25H32N2O5Si/c1-25(2,3)33(6,7)32-16-17-8-10-18(11-9-17)23(29)24-26-20-14-19(30-4)12-13-21(20)27(24)15-22(28)31-5/h8-14H,15-16H2,1-7H3. The van der Waals surface area contributed by atoms with Crippen LogP contribution in [-0.4, -0.2) is 43.8 Å². The Hall–Kier alpha value is -2.97. The van der Waals surface area contributed by atoms with Gasteiger partial charge in [-0.1, -0.05) is 45.0 Å². The van der Waals surface area contributed by atoms with E-state index in [1.165, 1.54) is 7.11 Å². The predicted octanol–water partition coefficient (Wildman–Crippen LogP) is 4.97. The van der Waals surface area contributed by atoms with Crippen molar-refractivity contribution in [2.75, 3.05) is 14.2 Å². The molecule has 176 valence electrons. The first kappa shape index (κ1) is 24.7. The van der Waals surface area contributed by atoms with Crippen molar-refractivity contribution >= 4 is 31.1 Å². The van der Waals surface area contributed by atoms with E-state index in [-0.39, 0.29) is 23.2 Å². The molecular weight excluding hydrogens is 436 g/mol. The maximum atomic E-state index is 13.3. The van der Waals surface area contributed by atoms with Gasteiger partial charge in [-0.3, -0.25) is 9.59 Å². The molecule has 2 aromatic carbocycles. The van der Waals surface area contributed by atoms with E-state index in [4.69, 9.17) is 13.9 Å². The highest BCUT2D eigenvalue weighted by Gasteiger charge is 2.37. The van der Waals surface area contributed by atoms with E-state index in [0.717, 1.165) is 5.56 Å². The lowest BCUT2D eigenvalue weighted by atomic mass is 10.1. The molecule has 0 amide bonds. The van der Waals surface area contributed by atoms with Gasteiger partial charge in [0.2, 0.25) is 5.78 Å². The fraction of sp³-hybridized carbons (Fsp3) is 0.400. The third-order valence-electron chi connectivity index (χ3n) is 6.30. The maximum absolute atomic E-state index is 13.3. The third-order valence-corrected chi connectivity index (χ3v) is 10.8. The van der Waals surface area contributed by atoms with Gasteiger partial charge in [0.05, 0.1) is 31.9 Å². The van der Waals surface area contributed by atoms with Crippen LogP contribution in [-0.2, 0) is 27.1 Å². The minimum absolute atomic E-state index is 0.112. The minimum Gasteiger partial charge on any atom is -0.497 e. The Morgan fingerprint density at radius 2 is 1.70 bits per heavy atom. The molecule has 0 saturated heterocycles. The highest BCUT2D eigenvalue weighted by molar-refractivity contribution is 6.74. The van der Waals surface area contributed by atoms with Crippen LogP contribution >= 0.6 is 0 Å². The largest absolute Gasteiger partial charge is 0.497 e. The summed E-state index contributed by atoms with van der Waals surface area (Å²) in [5, 5.41) is 0.129. The smallest absolute Gasteiger partial charge is 0.325 e. The Kier molecular flexibility index (Phi) is 7.09. The van der Waals surface area contributed by atoms with Crippen molar-refractivity contribution in [3.63, 3.8) is 0 Å². The molecule has 0 fully saturated rings. The third kappa shape index (κ3) is 5.34. The maximum Gasteiger partial charge on any atom is 0.325 e. The van der Waals surface area contributed by atoms with E-state index in [2.05, 4.69) is 38.8 Å². The van der Waals surface area contributed by atoms with Gasteiger partial charge in [-0.15, -0.1) is 0 Å². The number of methoxy groups -OCH3 is 2. The van der Waals surface area contributed by atoms with Gasteiger partial charge in [0, 0.05) is 11.6 Å². The van der Waals surface area contributed by atoms with Gasteiger partial charge in [0.25, 0.3) is 0 Å². The molecule has 7 nitrogen and oxygen atoms in total. The molecule has 0 N–H and O–H groups in total. The summed E-state index contributed by atoms with van der Waals surface area (Å²) in [5.74, 6) is 0.0625. The van der Waals surface area contributed by atoms with Gasteiger partial charge in [-0.05, 0) is 35.8 Å². The molecule has 0 unspecified atom stereocenters. The van der Waals surface area contributed by atoms with Gasteiger partial charge < -0.3 is 18.5 Å². The van der Waals surface area contributed by atoms with E-state index in [9.17, 15) is 9.59 Å². The van der Waals surface area contributed by atoms with Gasteiger partial charge >= 0.3 is 5.97 Å². The average Bonchev–Trinajstić information content (AvgIpc) is 3.14. The Morgan fingerprint density at radius 1 is 1.03 bits per heavy atom. The molecule has 0 radical (unpaired) electrons. The molecule has 8 heteroatoms. The first-order valence-electron chi connectivity index (χ1n) is 10.9. The van der Waals surface area contributed by atoms with Crippen LogP contribution in [0.25, 0.3) is 11.0 Å². The molecule has 0 atom stereocenters. The van der Waals surface area contributed by atoms with Crippen molar-refractivity contribution in [1.82, 2.24) is 9.55 Å². The molecule has 0 spiro atoms. The lowest BCUT2D eigenvalue weighted by molar-refractivity contribution is -0.141. The number of carbonyl (C=O) groups is 2. The van der Waals surface area contributed by atoms with Gasteiger partial charge in [0.15, 0.2) is 14.1 Å². The van der Waals surface area contributed by atoms with Crippen LogP contribution in [0.5, 0.6) is 5.75 Å². The summed E-state index contributed by atoms with van der Waals surface area (Å²) in [7, 11) is 1.02. The number of ether oxygens (including phenoxy) is 2. The Balaban J connectivity index is 1.89. The fourth-order valence-electron chi connectivity index (χ4n) is 3.13. The van der Waals surface area contributed by atoms with Crippen LogP contribution < -0.4 is 4.74 Å². The first-order valence-corrected chi connectivity index (χ1v) is 13.8. The number of aromatic nitrogens is 2. The number of hydrogen-bond acceptors (Lipinski definition) is 6. The topological polar surface area (TPSA) is 79.7 Å². The number of nitrogens with zero attached hydrogens (tertiary/aromatic N) is 2. The summed E-state index contributed by atoms with van der Waals surface area (Å²) < 4.78 is 17.9. The lowest BCUT2D eigenvalue weighted by Crippen LogP contribution is -2.40. The van der Waals surface area contributed by atoms with Crippen molar-refractivity contribution in [3.05, 3.63) is 59.4 Å². The summed E-state index contributed by atoms with van der Waals surface area (Å²) in [4.78, 5) is 29.8. The molecular formula is C25H32N2O5Si. The molecule has 0 aliphatic rings. The van der Waals surface area contributed by atoms with Crippen LogP contribution in [0.15, 0.2) is 42.5 Å². The van der Waals surface area contributed by atoms with Crippen molar-refractivity contribution in [1.29, 1.82) is 0 Å². The van der Waals surface area contributed by atoms with Crippen LogP contribution in [0.2, 0.25) is 18.1 Å². The molecule has 1 heterocycles. The van der Waals surface area contributed by atoms with E-state index >= 15 is 0 Å². The lowest BCUT2D eigenvalue weighted by Gasteiger charge is -2.36. The van der Waals surface area contributed by atoms with Gasteiger partial charge in [0.1, 0.15) is 12.3 Å². The molecule has 1 aromatic heterocycles. The molecule has 0 saturated carbocycles. The van der Waals surface area contributed by atoms with E-state index in [0.29, 0.717) is 29.0 Å². The zero-order valence-corrected chi connectivity index (χ0v) is 21.4. The molecule has 0 aliphatic carbocycles. The van der Waals surface area contributed by atoms with E-state index in [1.54, 1.807) is 42.0 Å². The molecule has 33 heavy (non-hydrogen) atoms. The molecule has 3 rings (SSSR count). The fourth-order valence-corrected chi connectivity index (χ4v) is 4.09.